The first kappa shape index (κ1) is 19.5. The molecule has 0 aliphatic carbocycles. The number of hydrogen-bond donors (Lipinski definition) is 0. The van der Waals surface area contributed by atoms with Crippen LogP contribution in [0.5, 0.6) is 0 Å². The fourth-order valence-corrected chi connectivity index (χ4v) is 3.86. The van der Waals surface area contributed by atoms with Gasteiger partial charge in [-0.15, -0.1) is 0 Å². The summed E-state index contributed by atoms with van der Waals surface area (Å²) in [7, 11) is 0. The Morgan fingerprint density at radius 1 is 0.862 bits per heavy atom. The predicted octanol–water partition coefficient (Wildman–Crippen LogP) is 4.25. The van der Waals surface area contributed by atoms with Gasteiger partial charge < -0.3 is 14.3 Å². The van der Waals surface area contributed by atoms with E-state index in [-0.39, 0.29) is 11.8 Å². The van der Waals surface area contributed by atoms with Crippen LogP contribution >= 0.6 is 23.2 Å². The fraction of sp³-hybridized carbons (Fsp3) is 0.190. The van der Waals surface area contributed by atoms with Crippen LogP contribution in [0.25, 0.3) is 11.3 Å². The first-order chi connectivity index (χ1) is 14.0. The molecule has 2 aromatic carbocycles. The Balaban J connectivity index is 1.45. The van der Waals surface area contributed by atoms with Crippen LogP contribution in [0.3, 0.4) is 0 Å². The van der Waals surface area contributed by atoms with Gasteiger partial charge in [0, 0.05) is 47.4 Å². The number of hydrogen-bond acceptors (Lipinski definition) is 4. The lowest BCUT2D eigenvalue weighted by molar-refractivity contribution is 0.0535. The summed E-state index contributed by atoms with van der Waals surface area (Å²) in [5.41, 5.74) is 1.64. The molecule has 2 amide bonds. The van der Waals surface area contributed by atoms with E-state index in [9.17, 15) is 9.59 Å². The van der Waals surface area contributed by atoms with Gasteiger partial charge in [-0.25, -0.2) is 0 Å². The van der Waals surface area contributed by atoms with E-state index in [2.05, 4.69) is 5.16 Å². The Bertz CT molecular complexity index is 1020. The van der Waals surface area contributed by atoms with Gasteiger partial charge in [0.05, 0.1) is 6.20 Å². The average molecular weight is 430 g/mol. The minimum Gasteiger partial charge on any atom is -0.355 e. The molecule has 1 aliphatic heterocycles. The van der Waals surface area contributed by atoms with Gasteiger partial charge >= 0.3 is 0 Å². The largest absolute Gasteiger partial charge is 0.355 e. The summed E-state index contributed by atoms with van der Waals surface area (Å²) in [6, 6.07) is 14.1. The van der Waals surface area contributed by atoms with Crippen LogP contribution in [0, 0.1) is 0 Å². The number of benzene rings is 2. The van der Waals surface area contributed by atoms with Crippen LogP contribution in [0.15, 0.2) is 59.3 Å². The summed E-state index contributed by atoms with van der Waals surface area (Å²) >= 11 is 12.0. The number of aromatic nitrogens is 1. The molecular formula is C21H17Cl2N3O3. The third-order valence-corrected chi connectivity index (χ3v) is 5.24. The number of rotatable bonds is 3. The predicted molar refractivity (Wildman–Crippen MR) is 110 cm³/mol. The maximum atomic E-state index is 13.0. The van der Waals surface area contributed by atoms with Crippen molar-refractivity contribution < 1.29 is 14.1 Å². The molecule has 1 aromatic heterocycles. The minimum atomic E-state index is -0.164. The number of halogens is 2. The minimum absolute atomic E-state index is 0.156. The number of nitrogens with zero attached hydrogens (tertiary/aromatic N) is 3. The molecule has 1 aliphatic rings. The second kappa shape index (κ2) is 8.27. The summed E-state index contributed by atoms with van der Waals surface area (Å²) in [5, 5.41) is 4.63. The molecule has 0 radical (unpaired) electrons. The zero-order valence-corrected chi connectivity index (χ0v) is 16.9. The molecule has 6 nitrogen and oxygen atoms in total. The zero-order valence-electron chi connectivity index (χ0n) is 15.3. The molecule has 0 bridgehead atoms. The summed E-state index contributed by atoms with van der Waals surface area (Å²) in [6.45, 7) is 1.66. The summed E-state index contributed by atoms with van der Waals surface area (Å²) in [6.07, 6.45) is 1.44. The van der Waals surface area contributed by atoms with Crippen molar-refractivity contribution in [2.45, 2.75) is 0 Å². The van der Waals surface area contributed by atoms with Gasteiger partial charge in [-0.2, -0.15) is 0 Å². The van der Waals surface area contributed by atoms with Crippen molar-refractivity contribution in [1.29, 1.82) is 0 Å². The average Bonchev–Trinajstić information content (AvgIpc) is 3.23. The topological polar surface area (TPSA) is 66.7 Å². The van der Waals surface area contributed by atoms with E-state index in [0.717, 1.165) is 5.56 Å². The van der Waals surface area contributed by atoms with Crippen LogP contribution in [0.2, 0.25) is 10.0 Å². The maximum absolute atomic E-state index is 13.0. The quantitative estimate of drug-likeness (QED) is 0.623. The molecule has 1 fully saturated rings. The Hall–Kier alpha value is -2.83. The smallest absolute Gasteiger partial charge is 0.259 e. The summed E-state index contributed by atoms with van der Waals surface area (Å²) in [5.74, 6) is 0.127. The molecule has 148 valence electrons. The zero-order chi connectivity index (χ0) is 20.4. The molecule has 0 saturated carbocycles. The van der Waals surface area contributed by atoms with Crippen molar-refractivity contribution in [2.75, 3.05) is 26.2 Å². The lowest BCUT2D eigenvalue weighted by atomic mass is 10.1. The molecule has 0 N–H and O–H groups in total. The molecule has 1 saturated heterocycles. The Morgan fingerprint density at radius 2 is 1.45 bits per heavy atom. The Labute approximate surface area is 177 Å². The van der Waals surface area contributed by atoms with Crippen molar-refractivity contribution >= 4 is 35.0 Å². The van der Waals surface area contributed by atoms with E-state index >= 15 is 0 Å². The molecule has 2 heterocycles. The van der Waals surface area contributed by atoms with Crippen LogP contribution in [0.4, 0.5) is 0 Å². The van der Waals surface area contributed by atoms with Crippen LogP contribution in [0.1, 0.15) is 20.7 Å². The van der Waals surface area contributed by atoms with E-state index in [0.29, 0.717) is 53.1 Å². The monoisotopic (exact) mass is 429 g/mol. The molecule has 0 unspecified atom stereocenters. The van der Waals surface area contributed by atoms with Crippen molar-refractivity contribution in [3.63, 3.8) is 0 Å². The molecular weight excluding hydrogens is 413 g/mol. The Morgan fingerprint density at radius 3 is 2.07 bits per heavy atom. The van der Waals surface area contributed by atoms with E-state index < -0.39 is 0 Å². The number of amides is 2. The van der Waals surface area contributed by atoms with Gasteiger partial charge in [0.25, 0.3) is 11.8 Å². The van der Waals surface area contributed by atoms with Crippen LogP contribution in [-0.2, 0) is 0 Å². The number of piperazine rings is 1. The van der Waals surface area contributed by atoms with Crippen LogP contribution < -0.4 is 0 Å². The Kier molecular flexibility index (Phi) is 5.56. The molecule has 8 heteroatoms. The highest BCUT2D eigenvalue weighted by Crippen LogP contribution is 2.25. The van der Waals surface area contributed by atoms with Gasteiger partial charge in [-0.1, -0.05) is 58.7 Å². The highest BCUT2D eigenvalue weighted by Gasteiger charge is 2.28. The fourth-order valence-electron chi connectivity index (χ4n) is 3.33. The SMILES string of the molecule is O=C(c1cc(Cl)cc(Cl)c1)N1CCN(C(=O)c2cnoc2-c2ccccc2)CC1. The van der Waals surface area contributed by atoms with Gasteiger partial charge in [0.1, 0.15) is 5.56 Å². The highest BCUT2D eigenvalue weighted by atomic mass is 35.5. The number of carbonyl (C=O) groups is 2. The first-order valence-electron chi connectivity index (χ1n) is 9.07. The van der Waals surface area contributed by atoms with E-state index in [4.69, 9.17) is 27.7 Å². The molecule has 29 heavy (non-hydrogen) atoms. The lowest BCUT2D eigenvalue weighted by Gasteiger charge is -2.34. The van der Waals surface area contributed by atoms with Crippen molar-refractivity contribution in [3.8, 4) is 11.3 Å². The van der Waals surface area contributed by atoms with E-state index in [1.54, 1.807) is 28.0 Å². The highest BCUT2D eigenvalue weighted by molar-refractivity contribution is 6.35. The second-order valence-corrected chi connectivity index (χ2v) is 7.55. The molecule has 3 aromatic rings. The van der Waals surface area contributed by atoms with E-state index in [1.165, 1.54) is 6.20 Å². The van der Waals surface area contributed by atoms with E-state index in [1.807, 2.05) is 30.3 Å². The maximum Gasteiger partial charge on any atom is 0.259 e. The number of carbonyl (C=O) groups excluding carboxylic acids is 2. The third kappa shape index (κ3) is 4.13. The van der Waals surface area contributed by atoms with Crippen LogP contribution in [-0.4, -0.2) is 52.9 Å². The molecule has 0 spiro atoms. The van der Waals surface area contributed by atoms with Gasteiger partial charge in [-0.05, 0) is 18.2 Å². The second-order valence-electron chi connectivity index (χ2n) is 6.68. The summed E-state index contributed by atoms with van der Waals surface area (Å²) < 4.78 is 5.32. The normalized spacial score (nSPS) is 14.1. The van der Waals surface area contributed by atoms with Gasteiger partial charge in [0.2, 0.25) is 0 Å². The lowest BCUT2D eigenvalue weighted by Crippen LogP contribution is -2.50. The molecule has 4 rings (SSSR count). The van der Waals surface area contributed by atoms with Gasteiger partial charge in [-0.3, -0.25) is 9.59 Å². The van der Waals surface area contributed by atoms with Gasteiger partial charge in [0.15, 0.2) is 5.76 Å². The summed E-state index contributed by atoms with van der Waals surface area (Å²) in [4.78, 5) is 29.1. The van der Waals surface area contributed by atoms with Crippen molar-refractivity contribution in [2.24, 2.45) is 0 Å². The van der Waals surface area contributed by atoms with Crippen molar-refractivity contribution in [3.05, 3.63) is 75.9 Å². The molecule has 0 atom stereocenters. The standard InChI is InChI=1S/C21H17Cl2N3O3/c22-16-10-15(11-17(23)12-16)20(27)25-6-8-26(9-7-25)21(28)18-13-24-29-19(18)14-4-2-1-3-5-14/h1-5,10-13H,6-9H2. The first-order valence-corrected chi connectivity index (χ1v) is 9.83. The third-order valence-electron chi connectivity index (χ3n) is 4.80. The van der Waals surface area contributed by atoms with Crippen molar-refractivity contribution in [1.82, 2.24) is 15.0 Å².